The average molecular weight is 245 g/mol. The molecule has 1 rings (SSSR count). The molecule has 0 amide bonds. The van der Waals surface area contributed by atoms with E-state index in [-0.39, 0.29) is 18.7 Å². The third-order valence-corrected chi connectivity index (χ3v) is 2.01. The quantitative estimate of drug-likeness (QED) is 0.484. The first-order valence-corrected chi connectivity index (χ1v) is 4.69. The van der Waals surface area contributed by atoms with Crippen molar-refractivity contribution >= 4 is 18.2 Å². The first-order valence-electron chi connectivity index (χ1n) is 4.69. The van der Waals surface area contributed by atoms with E-state index in [0.29, 0.717) is 12.4 Å². The van der Waals surface area contributed by atoms with E-state index in [4.69, 9.17) is 15.2 Å². The monoisotopic (exact) mass is 244 g/mol. The zero-order valence-electron chi connectivity index (χ0n) is 9.42. The van der Waals surface area contributed by atoms with Crippen molar-refractivity contribution in [1.82, 2.24) is 0 Å². The van der Waals surface area contributed by atoms with Gasteiger partial charge in [-0.15, -0.1) is 12.4 Å². The zero-order chi connectivity index (χ0) is 11.1. The molecule has 0 saturated heterocycles. The number of hydrogen-bond donors (Lipinski definition) is 1. The Bertz CT molecular complexity index is 313. The minimum absolute atomic E-state index is 0. The molecule has 1 aromatic carbocycles. The second-order valence-corrected chi connectivity index (χ2v) is 2.99. The van der Waals surface area contributed by atoms with Crippen molar-refractivity contribution in [2.24, 2.45) is 10.7 Å². The predicted molar refractivity (Wildman–Crippen MR) is 67.1 cm³/mol. The summed E-state index contributed by atoms with van der Waals surface area (Å²) in [6.07, 6.45) is -0.340. The number of nitrogens with two attached hydrogens (primary N) is 1. The zero-order valence-corrected chi connectivity index (χ0v) is 10.2. The van der Waals surface area contributed by atoms with Gasteiger partial charge < -0.3 is 15.2 Å². The van der Waals surface area contributed by atoms with E-state index in [2.05, 4.69) is 4.99 Å². The summed E-state index contributed by atoms with van der Waals surface area (Å²) in [6.45, 7) is 0.397. The van der Waals surface area contributed by atoms with Crippen LogP contribution in [0.3, 0.4) is 0 Å². The summed E-state index contributed by atoms with van der Waals surface area (Å²) >= 11 is 0. The van der Waals surface area contributed by atoms with Gasteiger partial charge >= 0.3 is 0 Å². The van der Waals surface area contributed by atoms with Crippen molar-refractivity contribution in [3.63, 3.8) is 0 Å². The summed E-state index contributed by atoms with van der Waals surface area (Å²) < 4.78 is 10.0. The van der Waals surface area contributed by atoms with Crippen LogP contribution in [0, 0.1) is 0 Å². The third kappa shape index (κ3) is 4.61. The van der Waals surface area contributed by atoms with E-state index in [0.717, 1.165) is 5.56 Å². The Kier molecular flexibility index (Phi) is 7.54. The minimum Gasteiger partial charge on any atom is -0.384 e. The van der Waals surface area contributed by atoms with Crippen LogP contribution >= 0.6 is 12.4 Å². The molecule has 0 spiro atoms. The maximum atomic E-state index is 5.79. The summed E-state index contributed by atoms with van der Waals surface area (Å²) in [5, 5.41) is 0. The number of rotatable bonds is 5. The highest BCUT2D eigenvalue weighted by atomic mass is 35.5. The SMILES string of the molecule is COC(CN=C(N)c1ccccc1)OC.Cl. The highest BCUT2D eigenvalue weighted by molar-refractivity contribution is 5.97. The maximum Gasteiger partial charge on any atom is 0.176 e. The van der Waals surface area contributed by atoms with Crippen LogP contribution in [0.2, 0.25) is 0 Å². The highest BCUT2D eigenvalue weighted by Crippen LogP contribution is 1.99. The lowest BCUT2D eigenvalue weighted by atomic mass is 10.2. The van der Waals surface area contributed by atoms with Gasteiger partial charge in [0.05, 0.1) is 6.54 Å². The molecule has 0 aliphatic carbocycles. The Morgan fingerprint density at radius 2 is 1.81 bits per heavy atom. The lowest BCUT2D eigenvalue weighted by Gasteiger charge is -2.10. The Balaban J connectivity index is 0.00000225. The number of aliphatic imine (C=N–C) groups is 1. The topological polar surface area (TPSA) is 56.8 Å². The van der Waals surface area contributed by atoms with Gasteiger partial charge in [0.15, 0.2) is 6.29 Å². The van der Waals surface area contributed by atoms with Crippen LogP contribution in [0.4, 0.5) is 0 Å². The molecule has 90 valence electrons. The van der Waals surface area contributed by atoms with Gasteiger partial charge in [-0.1, -0.05) is 30.3 Å². The lowest BCUT2D eigenvalue weighted by Crippen LogP contribution is -2.21. The van der Waals surface area contributed by atoms with Crippen LogP contribution in [0.15, 0.2) is 35.3 Å². The molecule has 0 atom stereocenters. The number of methoxy groups -OCH3 is 2. The molecule has 0 unspecified atom stereocenters. The van der Waals surface area contributed by atoms with Gasteiger partial charge in [0.25, 0.3) is 0 Å². The molecule has 0 radical (unpaired) electrons. The van der Waals surface area contributed by atoms with Crippen molar-refractivity contribution in [3.05, 3.63) is 35.9 Å². The summed E-state index contributed by atoms with van der Waals surface area (Å²) in [6, 6.07) is 9.59. The summed E-state index contributed by atoms with van der Waals surface area (Å²) in [5.41, 5.74) is 6.70. The molecule has 1 aromatic rings. The van der Waals surface area contributed by atoms with E-state index in [9.17, 15) is 0 Å². The molecule has 5 heteroatoms. The molecular weight excluding hydrogens is 228 g/mol. The molecule has 2 N–H and O–H groups in total. The number of benzene rings is 1. The molecule has 0 saturated carbocycles. The standard InChI is InChI=1S/C11H16N2O2.ClH/c1-14-10(15-2)8-13-11(12)9-6-4-3-5-7-9;/h3-7,10H,8H2,1-2H3,(H2,12,13);1H. The smallest absolute Gasteiger partial charge is 0.176 e. The first-order chi connectivity index (χ1) is 7.27. The molecule has 0 heterocycles. The average Bonchev–Trinajstić information content (AvgIpc) is 2.31. The summed E-state index contributed by atoms with van der Waals surface area (Å²) in [7, 11) is 3.14. The fourth-order valence-corrected chi connectivity index (χ4v) is 1.12. The van der Waals surface area contributed by atoms with Crippen LogP contribution in [0.5, 0.6) is 0 Å². The van der Waals surface area contributed by atoms with Gasteiger partial charge in [-0.05, 0) is 0 Å². The fraction of sp³-hybridized carbons (Fsp3) is 0.364. The minimum atomic E-state index is -0.340. The first kappa shape index (κ1) is 14.9. The van der Waals surface area contributed by atoms with Crippen LogP contribution in [-0.4, -0.2) is 32.9 Å². The van der Waals surface area contributed by atoms with Crippen LogP contribution in [-0.2, 0) is 9.47 Å². The molecule has 4 nitrogen and oxygen atoms in total. The largest absolute Gasteiger partial charge is 0.384 e. The van der Waals surface area contributed by atoms with E-state index in [1.54, 1.807) is 14.2 Å². The third-order valence-electron chi connectivity index (χ3n) is 2.01. The van der Waals surface area contributed by atoms with Gasteiger partial charge in [0, 0.05) is 19.8 Å². The van der Waals surface area contributed by atoms with E-state index in [1.165, 1.54) is 0 Å². The van der Waals surface area contributed by atoms with Gasteiger partial charge in [0.2, 0.25) is 0 Å². The van der Waals surface area contributed by atoms with Crippen molar-refractivity contribution < 1.29 is 9.47 Å². The van der Waals surface area contributed by atoms with Gasteiger partial charge in [0.1, 0.15) is 5.84 Å². The van der Waals surface area contributed by atoms with Crippen molar-refractivity contribution in [2.45, 2.75) is 6.29 Å². The van der Waals surface area contributed by atoms with E-state index < -0.39 is 0 Å². The number of nitrogens with zero attached hydrogens (tertiary/aromatic N) is 1. The van der Waals surface area contributed by atoms with Crippen LogP contribution in [0.25, 0.3) is 0 Å². The second-order valence-electron chi connectivity index (χ2n) is 2.99. The molecule has 0 aliphatic rings. The van der Waals surface area contributed by atoms with Gasteiger partial charge in [-0.3, -0.25) is 4.99 Å². The summed E-state index contributed by atoms with van der Waals surface area (Å²) in [5.74, 6) is 0.495. The number of amidine groups is 1. The van der Waals surface area contributed by atoms with Crippen LogP contribution in [0.1, 0.15) is 5.56 Å². The van der Waals surface area contributed by atoms with Gasteiger partial charge in [-0.2, -0.15) is 0 Å². The Morgan fingerprint density at radius 1 is 1.25 bits per heavy atom. The molecule has 0 aliphatic heterocycles. The molecule has 0 fully saturated rings. The van der Waals surface area contributed by atoms with Gasteiger partial charge in [-0.25, -0.2) is 0 Å². The Labute approximate surface area is 102 Å². The second kappa shape index (κ2) is 8.10. The Hall–Kier alpha value is -1.10. The molecule has 16 heavy (non-hydrogen) atoms. The predicted octanol–water partition coefficient (Wildman–Crippen LogP) is 1.43. The van der Waals surface area contributed by atoms with Crippen molar-refractivity contribution in [2.75, 3.05) is 20.8 Å². The number of ether oxygens (including phenoxy) is 2. The summed E-state index contributed by atoms with van der Waals surface area (Å²) in [4.78, 5) is 4.18. The molecule has 0 bridgehead atoms. The Morgan fingerprint density at radius 3 is 2.31 bits per heavy atom. The van der Waals surface area contributed by atoms with E-state index in [1.807, 2.05) is 30.3 Å². The van der Waals surface area contributed by atoms with E-state index >= 15 is 0 Å². The number of hydrogen-bond acceptors (Lipinski definition) is 3. The van der Waals surface area contributed by atoms with Crippen molar-refractivity contribution in [1.29, 1.82) is 0 Å². The lowest BCUT2D eigenvalue weighted by molar-refractivity contribution is -0.0936. The fourth-order valence-electron chi connectivity index (χ4n) is 1.12. The van der Waals surface area contributed by atoms with Crippen molar-refractivity contribution in [3.8, 4) is 0 Å². The molecule has 0 aromatic heterocycles. The maximum absolute atomic E-state index is 5.79. The number of halogens is 1. The van der Waals surface area contributed by atoms with Crippen LogP contribution < -0.4 is 5.73 Å². The highest BCUT2D eigenvalue weighted by Gasteiger charge is 2.03. The molecular formula is C11H17ClN2O2. The normalized spacial score (nSPS) is 11.3.